The lowest BCUT2D eigenvalue weighted by Gasteiger charge is -2.10. The van der Waals surface area contributed by atoms with Crippen LogP contribution in [0, 0.1) is 6.92 Å². The molecule has 2 rings (SSSR count). The second-order valence-corrected chi connectivity index (χ2v) is 6.48. The average Bonchev–Trinajstić information content (AvgIpc) is 2.38. The number of pyridine rings is 1. The standard InChI is InChI=1S/C14H16N2O3S/c1-10-3-4-11(9-15)14(16-10)19-12-5-7-13(8-6-12)20(2,17)18/h3-8H,9,15H2,1-2H3. The van der Waals surface area contributed by atoms with Gasteiger partial charge in [-0.15, -0.1) is 0 Å². The molecule has 0 aliphatic heterocycles. The Labute approximate surface area is 118 Å². The van der Waals surface area contributed by atoms with Crippen LogP contribution < -0.4 is 10.5 Å². The van der Waals surface area contributed by atoms with Gasteiger partial charge >= 0.3 is 0 Å². The first-order chi connectivity index (χ1) is 9.40. The average molecular weight is 292 g/mol. The van der Waals surface area contributed by atoms with Crippen LogP contribution >= 0.6 is 0 Å². The Bertz CT molecular complexity index is 710. The first kappa shape index (κ1) is 14.5. The van der Waals surface area contributed by atoms with Crippen LogP contribution in [0.4, 0.5) is 0 Å². The zero-order valence-electron chi connectivity index (χ0n) is 11.3. The molecule has 0 aliphatic rings. The van der Waals surface area contributed by atoms with Crippen LogP contribution in [0.5, 0.6) is 11.6 Å². The maximum atomic E-state index is 11.4. The third-order valence-corrected chi connectivity index (χ3v) is 3.89. The molecule has 1 heterocycles. The van der Waals surface area contributed by atoms with E-state index in [0.717, 1.165) is 17.5 Å². The van der Waals surface area contributed by atoms with Gasteiger partial charge in [-0.05, 0) is 37.3 Å². The van der Waals surface area contributed by atoms with Crippen LogP contribution in [-0.2, 0) is 16.4 Å². The second-order valence-electron chi connectivity index (χ2n) is 4.47. The van der Waals surface area contributed by atoms with Gasteiger partial charge in [0.1, 0.15) is 5.75 Å². The van der Waals surface area contributed by atoms with Gasteiger partial charge in [0.25, 0.3) is 0 Å². The third-order valence-electron chi connectivity index (χ3n) is 2.76. The smallest absolute Gasteiger partial charge is 0.223 e. The fourth-order valence-electron chi connectivity index (χ4n) is 1.67. The molecule has 20 heavy (non-hydrogen) atoms. The van der Waals surface area contributed by atoms with Gasteiger partial charge in [0.05, 0.1) is 4.90 Å². The molecule has 1 aromatic heterocycles. The molecule has 0 amide bonds. The maximum absolute atomic E-state index is 11.4. The highest BCUT2D eigenvalue weighted by Gasteiger charge is 2.09. The fourth-order valence-corrected chi connectivity index (χ4v) is 2.30. The Morgan fingerprint density at radius 2 is 1.80 bits per heavy atom. The van der Waals surface area contributed by atoms with Crippen LogP contribution in [0.1, 0.15) is 11.3 Å². The molecule has 0 spiro atoms. The number of rotatable bonds is 4. The van der Waals surface area contributed by atoms with Gasteiger partial charge in [0, 0.05) is 24.1 Å². The predicted molar refractivity (Wildman–Crippen MR) is 76.5 cm³/mol. The molecule has 1 aromatic carbocycles. The summed E-state index contributed by atoms with van der Waals surface area (Å²) >= 11 is 0. The van der Waals surface area contributed by atoms with Crippen molar-refractivity contribution in [3.63, 3.8) is 0 Å². The summed E-state index contributed by atoms with van der Waals surface area (Å²) in [6.07, 6.45) is 1.16. The van der Waals surface area contributed by atoms with Crippen molar-refractivity contribution in [3.05, 3.63) is 47.7 Å². The zero-order chi connectivity index (χ0) is 14.8. The number of hydrogen-bond acceptors (Lipinski definition) is 5. The summed E-state index contributed by atoms with van der Waals surface area (Å²) in [5, 5.41) is 0. The maximum Gasteiger partial charge on any atom is 0.223 e. The van der Waals surface area contributed by atoms with Gasteiger partial charge in [-0.25, -0.2) is 13.4 Å². The highest BCUT2D eigenvalue weighted by Crippen LogP contribution is 2.24. The van der Waals surface area contributed by atoms with Gasteiger partial charge in [0.2, 0.25) is 5.88 Å². The van der Waals surface area contributed by atoms with E-state index >= 15 is 0 Å². The number of hydrogen-bond donors (Lipinski definition) is 1. The van der Waals surface area contributed by atoms with Gasteiger partial charge < -0.3 is 10.5 Å². The van der Waals surface area contributed by atoms with Gasteiger partial charge in [-0.3, -0.25) is 0 Å². The lowest BCUT2D eigenvalue weighted by atomic mass is 10.2. The van der Waals surface area contributed by atoms with Crippen molar-refractivity contribution in [3.8, 4) is 11.6 Å². The molecule has 0 bridgehead atoms. The molecule has 5 nitrogen and oxygen atoms in total. The highest BCUT2D eigenvalue weighted by molar-refractivity contribution is 7.90. The van der Waals surface area contributed by atoms with Crippen molar-refractivity contribution < 1.29 is 13.2 Å². The van der Waals surface area contributed by atoms with Crippen LogP contribution in [0.15, 0.2) is 41.3 Å². The Morgan fingerprint density at radius 3 is 2.35 bits per heavy atom. The molecule has 2 aromatic rings. The molecule has 0 radical (unpaired) electrons. The summed E-state index contributed by atoms with van der Waals surface area (Å²) in [5.74, 6) is 0.963. The third kappa shape index (κ3) is 3.34. The second kappa shape index (κ2) is 5.60. The quantitative estimate of drug-likeness (QED) is 0.932. The Morgan fingerprint density at radius 1 is 1.15 bits per heavy atom. The molecule has 6 heteroatoms. The van der Waals surface area contributed by atoms with Crippen LogP contribution in [0.2, 0.25) is 0 Å². The molecule has 2 N–H and O–H groups in total. The van der Waals surface area contributed by atoms with E-state index in [4.69, 9.17) is 10.5 Å². The molecule has 0 atom stereocenters. The van der Waals surface area contributed by atoms with Crippen molar-refractivity contribution in [2.75, 3.05) is 6.26 Å². The molecule has 0 saturated carbocycles. The number of aryl methyl sites for hydroxylation is 1. The lowest BCUT2D eigenvalue weighted by Crippen LogP contribution is -2.02. The summed E-state index contributed by atoms with van der Waals surface area (Å²) in [6.45, 7) is 2.18. The lowest BCUT2D eigenvalue weighted by molar-refractivity contribution is 0.454. The van der Waals surface area contributed by atoms with Crippen LogP contribution in [0.25, 0.3) is 0 Å². The van der Waals surface area contributed by atoms with E-state index in [0.29, 0.717) is 18.2 Å². The summed E-state index contributed by atoms with van der Waals surface area (Å²) in [5.41, 5.74) is 7.25. The minimum atomic E-state index is -3.20. The highest BCUT2D eigenvalue weighted by atomic mass is 32.2. The van der Waals surface area contributed by atoms with E-state index in [-0.39, 0.29) is 4.90 Å². The molecular formula is C14H16N2O3S. The SMILES string of the molecule is Cc1ccc(CN)c(Oc2ccc(S(C)(=O)=O)cc2)n1. The van der Waals surface area contributed by atoms with Gasteiger partial charge in [-0.1, -0.05) is 6.07 Å². The first-order valence-corrected chi connectivity index (χ1v) is 7.94. The van der Waals surface area contributed by atoms with Crippen molar-refractivity contribution in [2.24, 2.45) is 5.73 Å². The molecule has 0 saturated heterocycles. The number of nitrogens with two attached hydrogens (primary N) is 1. The summed E-state index contributed by atoms with van der Waals surface area (Å²) in [6, 6.07) is 9.93. The summed E-state index contributed by atoms with van der Waals surface area (Å²) in [4.78, 5) is 4.54. The van der Waals surface area contributed by atoms with E-state index in [1.54, 1.807) is 12.1 Å². The number of sulfone groups is 1. The monoisotopic (exact) mass is 292 g/mol. The molecule has 0 unspecified atom stereocenters. The normalized spacial score (nSPS) is 11.3. The summed E-state index contributed by atoms with van der Waals surface area (Å²) in [7, 11) is -3.20. The van der Waals surface area contributed by atoms with Gasteiger partial charge in [-0.2, -0.15) is 0 Å². The first-order valence-electron chi connectivity index (χ1n) is 6.05. The molecule has 0 aliphatic carbocycles. The Kier molecular flexibility index (Phi) is 4.06. The van der Waals surface area contributed by atoms with Crippen molar-refractivity contribution in [2.45, 2.75) is 18.4 Å². The van der Waals surface area contributed by atoms with Gasteiger partial charge in [0.15, 0.2) is 9.84 Å². The Hall–Kier alpha value is -1.92. The molecule has 106 valence electrons. The molecule has 0 fully saturated rings. The predicted octanol–water partition coefficient (Wildman–Crippen LogP) is 2.04. The molecular weight excluding hydrogens is 276 g/mol. The van der Waals surface area contributed by atoms with Crippen LogP contribution in [0.3, 0.4) is 0 Å². The topological polar surface area (TPSA) is 82.3 Å². The Balaban J connectivity index is 2.29. The van der Waals surface area contributed by atoms with E-state index in [2.05, 4.69) is 4.98 Å². The van der Waals surface area contributed by atoms with Crippen molar-refractivity contribution in [1.29, 1.82) is 0 Å². The van der Waals surface area contributed by atoms with E-state index in [1.165, 1.54) is 12.1 Å². The largest absolute Gasteiger partial charge is 0.439 e. The zero-order valence-corrected chi connectivity index (χ0v) is 12.1. The minimum absolute atomic E-state index is 0.251. The number of nitrogens with zero attached hydrogens (tertiary/aromatic N) is 1. The number of aromatic nitrogens is 1. The number of benzene rings is 1. The van der Waals surface area contributed by atoms with Crippen LogP contribution in [-0.4, -0.2) is 19.7 Å². The van der Waals surface area contributed by atoms with Crippen molar-refractivity contribution >= 4 is 9.84 Å². The fraction of sp³-hybridized carbons (Fsp3) is 0.214. The van der Waals surface area contributed by atoms with Crippen molar-refractivity contribution in [1.82, 2.24) is 4.98 Å². The minimum Gasteiger partial charge on any atom is -0.439 e. The summed E-state index contributed by atoms with van der Waals surface area (Å²) < 4.78 is 28.4. The van der Waals surface area contributed by atoms with E-state index in [1.807, 2.05) is 19.1 Å². The van der Waals surface area contributed by atoms with E-state index in [9.17, 15) is 8.42 Å². The number of ether oxygens (including phenoxy) is 1. The van der Waals surface area contributed by atoms with E-state index < -0.39 is 9.84 Å².